The molecule has 0 aliphatic rings. The lowest BCUT2D eigenvalue weighted by atomic mass is 10.1. The number of allylic oxidation sites excluding steroid dienone is 24. The number of aliphatic hydroxyl groups is 1. The van der Waals surface area contributed by atoms with Crippen LogP contribution in [0.15, 0.2) is 146 Å². The number of esters is 3. The van der Waals surface area contributed by atoms with Gasteiger partial charge in [0.25, 0.3) is 0 Å². The van der Waals surface area contributed by atoms with Crippen LogP contribution in [0.5, 0.6) is 0 Å². The smallest absolute Gasteiger partial charge is 0.462 e. The summed E-state index contributed by atoms with van der Waals surface area (Å²) >= 11 is 0. The van der Waals surface area contributed by atoms with Gasteiger partial charge in [0.05, 0.1) is 19.8 Å². The first-order valence-electron chi connectivity index (χ1n) is 30.7. The minimum Gasteiger partial charge on any atom is -0.462 e. The largest absolute Gasteiger partial charge is 0.472 e. The summed E-state index contributed by atoms with van der Waals surface area (Å²) in [4.78, 5) is 48.7. The molecule has 11 nitrogen and oxygen atoms in total. The molecule has 0 spiro atoms. The van der Waals surface area contributed by atoms with Crippen molar-refractivity contribution < 1.29 is 52.2 Å². The molecule has 0 bridgehead atoms. The van der Waals surface area contributed by atoms with Crippen molar-refractivity contribution in [3.63, 3.8) is 0 Å². The van der Waals surface area contributed by atoms with Crippen LogP contribution in [0.1, 0.15) is 226 Å². The highest BCUT2D eigenvalue weighted by Crippen LogP contribution is 2.43. The summed E-state index contributed by atoms with van der Waals surface area (Å²) in [5.41, 5.74) is 0. The van der Waals surface area contributed by atoms with E-state index in [4.69, 9.17) is 23.3 Å². The minimum atomic E-state index is -4.78. The number of phosphoric ester groups is 1. The van der Waals surface area contributed by atoms with Crippen LogP contribution >= 0.6 is 7.82 Å². The molecule has 0 aromatic heterocycles. The number of phosphoric acid groups is 1. The fourth-order valence-corrected chi connectivity index (χ4v) is 8.47. The predicted molar refractivity (Wildman–Crippen MR) is 334 cm³/mol. The monoisotopic (exact) mass is 1130 g/mol. The summed E-state index contributed by atoms with van der Waals surface area (Å²) < 4.78 is 39.6. The Hall–Kier alpha value is -4.64. The Morgan fingerprint density at radius 3 is 0.950 bits per heavy atom. The highest BCUT2D eigenvalue weighted by atomic mass is 31.2. The van der Waals surface area contributed by atoms with Gasteiger partial charge in [-0.1, -0.05) is 218 Å². The number of aliphatic hydroxyl groups excluding tert-OH is 1. The van der Waals surface area contributed by atoms with Crippen LogP contribution in [0.4, 0.5) is 0 Å². The molecule has 0 rings (SSSR count). The molecule has 12 heteroatoms. The summed E-state index contributed by atoms with van der Waals surface area (Å²) in [5.74, 6) is -1.56. The maximum absolute atomic E-state index is 12.9. The second kappa shape index (κ2) is 60.5. The van der Waals surface area contributed by atoms with Crippen LogP contribution < -0.4 is 0 Å². The molecule has 3 atom stereocenters. The van der Waals surface area contributed by atoms with Gasteiger partial charge in [0, 0.05) is 19.3 Å². The molecule has 0 aliphatic carbocycles. The van der Waals surface area contributed by atoms with Crippen molar-refractivity contribution in [2.45, 2.75) is 238 Å². The first kappa shape index (κ1) is 75.4. The Balaban J connectivity index is 4.83. The van der Waals surface area contributed by atoms with Gasteiger partial charge in [-0.05, 0) is 135 Å². The molecule has 0 aliphatic heterocycles. The maximum Gasteiger partial charge on any atom is 0.472 e. The van der Waals surface area contributed by atoms with Crippen molar-refractivity contribution in [1.82, 2.24) is 0 Å². The van der Waals surface area contributed by atoms with Crippen molar-refractivity contribution in [3.05, 3.63) is 146 Å². The van der Waals surface area contributed by atoms with E-state index in [1.165, 1.54) is 6.42 Å². The molecule has 3 unspecified atom stereocenters. The molecular formula is C68H109O11P. The highest BCUT2D eigenvalue weighted by Gasteiger charge is 2.28. The van der Waals surface area contributed by atoms with E-state index >= 15 is 0 Å². The summed E-state index contributed by atoms with van der Waals surface area (Å²) in [7, 11) is -4.78. The van der Waals surface area contributed by atoms with Crippen LogP contribution in [-0.4, -0.2) is 66.5 Å². The fraction of sp³-hybridized carbons (Fsp3) is 0.603. The van der Waals surface area contributed by atoms with Gasteiger partial charge in [0.1, 0.15) is 12.7 Å². The van der Waals surface area contributed by atoms with E-state index in [2.05, 4.69) is 167 Å². The Morgan fingerprint density at radius 1 is 0.350 bits per heavy atom. The van der Waals surface area contributed by atoms with Gasteiger partial charge in [0.15, 0.2) is 6.10 Å². The van der Waals surface area contributed by atoms with Gasteiger partial charge in [-0.15, -0.1) is 0 Å². The van der Waals surface area contributed by atoms with Crippen LogP contribution in [0.2, 0.25) is 0 Å². The zero-order valence-corrected chi connectivity index (χ0v) is 50.9. The van der Waals surface area contributed by atoms with E-state index < -0.39 is 57.8 Å². The lowest BCUT2D eigenvalue weighted by molar-refractivity contribution is -0.161. The van der Waals surface area contributed by atoms with Crippen LogP contribution in [-0.2, 0) is 42.2 Å². The Labute approximate surface area is 486 Å². The molecule has 0 aromatic rings. The van der Waals surface area contributed by atoms with E-state index in [1.54, 1.807) is 0 Å². The summed E-state index contributed by atoms with van der Waals surface area (Å²) in [6.07, 6.45) is 78.0. The molecule has 452 valence electrons. The van der Waals surface area contributed by atoms with Crippen molar-refractivity contribution in [1.29, 1.82) is 0 Å². The third kappa shape index (κ3) is 58.0. The number of carbonyl (C=O) groups excluding carboxylic acids is 3. The van der Waals surface area contributed by atoms with Crippen molar-refractivity contribution in [2.24, 2.45) is 0 Å². The molecule has 0 saturated heterocycles. The van der Waals surface area contributed by atoms with Gasteiger partial charge in [-0.2, -0.15) is 0 Å². The van der Waals surface area contributed by atoms with Gasteiger partial charge in [-0.25, -0.2) is 4.57 Å². The quantitative estimate of drug-likeness (QED) is 0.0197. The molecule has 80 heavy (non-hydrogen) atoms. The minimum absolute atomic E-state index is 0.123. The van der Waals surface area contributed by atoms with Gasteiger partial charge < -0.3 is 24.2 Å². The van der Waals surface area contributed by atoms with E-state index in [-0.39, 0.29) is 25.9 Å². The first-order chi connectivity index (χ1) is 39.2. The standard InChI is InChI=1S/C68H109O11P/c1-4-7-10-13-16-19-22-25-28-31-32-35-36-39-42-45-48-51-54-57-66(70)75-61-65(79-68(72)59-56-53-50-47-44-41-38-34-30-27-24-21-18-15-12-9-6-3)63-77-80(73,74)76-62-64(60-69)78-67(71)58-55-52-49-46-43-40-37-33-29-26-23-20-17-14-11-8-5-2/h7-12,16-21,25-30,32,35,38-39,41-42,64-65,69H,4-6,13-15,22-24,31,33-34,36-37,40,43-63H2,1-3H3,(H,73,74)/b10-7-,11-8-,12-9-,19-16-,20-17-,21-18-,28-25-,29-26-,30-27-,35-32-,41-38-,42-39-. The number of ether oxygens (including phenoxy) is 3. The fourth-order valence-electron chi connectivity index (χ4n) is 7.68. The molecule has 0 fully saturated rings. The molecular weight excluding hydrogens is 1020 g/mol. The Kier molecular flexibility index (Phi) is 56.9. The predicted octanol–water partition coefficient (Wildman–Crippen LogP) is 18.7. The summed E-state index contributed by atoms with van der Waals surface area (Å²) in [5, 5.41) is 9.85. The first-order valence-corrected chi connectivity index (χ1v) is 32.2. The van der Waals surface area contributed by atoms with E-state index in [9.17, 15) is 28.9 Å². The van der Waals surface area contributed by atoms with Crippen molar-refractivity contribution >= 4 is 25.7 Å². The maximum atomic E-state index is 12.9. The van der Waals surface area contributed by atoms with Gasteiger partial charge in [0.2, 0.25) is 0 Å². The molecule has 0 aromatic carbocycles. The lowest BCUT2D eigenvalue weighted by Gasteiger charge is -2.21. The van der Waals surface area contributed by atoms with E-state index in [1.807, 2.05) is 0 Å². The van der Waals surface area contributed by atoms with Gasteiger partial charge >= 0.3 is 25.7 Å². The van der Waals surface area contributed by atoms with Crippen molar-refractivity contribution in [2.75, 3.05) is 26.4 Å². The average molecular weight is 1130 g/mol. The highest BCUT2D eigenvalue weighted by molar-refractivity contribution is 7.47. The number of hydrogen-bond donors (Lipinski definition) is 2. The zero-order chi connectivity index (χ0) is 58.3. The van der Waals surface area contributed by atoms with Crippen LogP contribution in [0.25, 0.3) is 0 Å². The Bertz CT molecular complexity index is 1900. The SMILES string of the molecule is CC/C=C\C/C=C\C/C=C\C/C=C\C/C=C\CCCCCC(=O)OCC(COP(=O)(O)OCC(CO)OC(=O)CCCCCCCCC/C=C\C/C=C\C/C=C\CC)OC(=O)CCCCCC/C=C\C/C=C\C/C=C\C/C=C\CC. The third-order valence-electron chi connectivity index (χ3n) is 12.2. The van der Waals surface area contributed by atoms with Crippen LogP contribution in [0.3, 0.4) is 0 Å². The van der Waals surface area contributed by atoms with Gasteiger partial charge in [-0.3, -0.25) is 23.4 Å². The number of carbonyl (C=O) groups is 3. The molecule has 0 saturated carbocycles. The third-order valence-corrected chi connectivity index (χ3v) is 13.2. The van der Waals surface area contributed by atoms with E-state index in [0.29, 0.717) is 19.3 Å². The topological polar surface area (TPSA) is 155 Å². The molecule has 0 radical (unpaired) electrons. The molecule has 2 N–H and O–H groups in total. The van der Waals surface area contributed by atoms with Crippen molar-refractivity contribution in [3.8, 4) is 0 Å². The summed E-state index contributed by atoms with van der Waals surface area (Å²) in [6, 6.07) is 0. The van der Waals surface area contributed by atoms with Crippen LogP contribution in [0, 0.1) is 0 Å². The molecule has 0 amide bonds. The Morgan fingerprint density at radius 2 is 0.613 bits per heavy atom. The summed E-state index contributed by atoms with van der Waals surface area (Å²) in [6.45, 7) is 4.22. The number of hydrogen-bond acceptors (Lipinski definition) is 10. The normalized spacial score (nSPS) is 14.3. The number of unbranched alkanes of at least 4 members (excludes halogenated alkanes) is 14. The lowest BCUT2D eigenvalue weighted by Crippen LogP contribution is -2.30. The number of rotatable bonds is 55. The van der Waals surface area contributed by atoms with E-state index in [0.717, 1.165) is 161 Å². The second-order valence-electron chi connectivity index (χ2n) is 19.7. The zero-order valence-electron chi connectivity index (χ0n) is 50.0. The second-order valence-corrected chi connectivity index (χ2v) is 21.2. The average Bonchev–Trinajstić information content (AvgIpc) is 3.45. The molecule has 0 heterocycles.